The summed E-state index contributed by atoms with van der Waals surface area (Å²) < 4.78 is 9.63. The van der Waals surface area contributed by atoms with E-state index in [4.69, 9.17) is 9.47 Å². The van der Waals surface area contributed by atoms with Gasteiger partial charge in [0.25, 0.3) is 0 Å². The van der Waals surface area contributed by atoms with Gasteiger partial charge in [0.15, 0.2) is 5.92 Å². The van der Waals surface area contributed by atoms with Crippen LogP contribution in [0.5, 0.6) is 0 Å². The highest BCUT2D eigenvalue weighted by Gasteiger charge is 2.26. The number of carbonyl (C=O) groups is 2. The maximum Gasteiger partial charge on any atom is 0.324 e. The predicted octanol–water partition coefficient (Wildman–Crippen LogP) is 2.75. The quantitative estimate of drug-likeness (QED) is 0.412. The van der Waals surface area contributed by atoms with Crippen molar-refractivity contribution in [1.82, 2.24) is 0 Å². The van der Waals surface area contributed by atoms with Gasteiger partial charge in [0.2, 0.25) is 0 Å². The van der Waals surface area contributed by atoms with Gasteiger partial charge < -0.3 is 9.47 Å². The van der Waals surface area contributed by atoms with Crippen molar-refractivity contribution in [3.8, 4) is 0 Å². The first-order valence-corrected chi connectivity index (χ1v) is 6.52. The Labute approximate surface area is 115 Å². The highest BCUT2D eigenvalue weighted by atomic mass is 79.9. The summed E-state index contributed by atoms with van der Waals surface area (Å²) in [6, 6.07) is 0. The lowest BCUT2D eigenvalue weighted by Gasteiger charge is -2.10. The van der Waals surface area contributed by atoms with Crippen LogP contribution in [0.3, 0.4) is 0 Å². The lowest BCUT2D eigenvalue weighted by atomic mass is 10.1. The number of hydrogen-bond donors (Lipinski definition) is 0. The summed E-state index contributed by atoms with van der Waals surface area (Å²) in [5, 5.41) is 0. The Hall–Kier alpha value is -1.36. The van der Waals surface area contributed by atoms with Crippen LogP contribution in [0, 0.1) is 5.92 Å². The highest BCUT2D eigenvalue weighted by Crippen LogP contribution is 2.06. The van der Waals surface area contributed by atoms with Crippen molar-refractivity contribution in [1.29, 1.82) is 0 Å². The Morgan fingerprint density at radius 1 is 1.00 bits per heavy atom. The van der Waals surface area contributed by atoms with E-state index in [1.807, 2.05) is 0 Å². The van der Waals surface area contributed by atoms with Crippen molar-refractivity contribution in [2.24, 2.45) is 5.92 Å². The minimum atomic E-state index is -1.01. The van der Waals surface area contributed by atoms with Crippen molar-refractivity contribution in [2.45, 2.75) is 13.8 Å². The van der Waals surface area contributed by atoms with E-state index in [2.05, 4.69) is 15.9 Å². The van der Waals surface area contributed by atoms with Crippen LogP contribution in [-0.4, -0.2) is 25.2 Å². The number of halogens is 1. The Bertz CT molecular complexity index is 327. The van der Waals surface area contributed by atoms with E-state index in [1.165, 1.54) is 6.08 Å². The molecule has 0 saturated heterocycles. The van der Waals surface area contributed by atoms with Crippen molar-refractivity contribution in [3.05, 3.63) is 35.4 Å². The van der Waals surface area contributed by atoms with Crippen LogP contribution in [0.15, 0.2) is 35.4 Å². The molecule has 0 atom stereocenters. The van der Waals surface area contributed by atoms with Gasteiger partial charge >= 0.3 is 11.9 Å². The van der Waals surface area contributed by atoms with Crippen LogP contribution in [0.4, 0.5) is 0 Å². The largest absolute Gasteiger partial charge is 0.465 e. The van der Waals surface area contributed by atoms with E-state index < -0.39 is 17.9 Å². The smallest absolute Gasteiger partial charge is 0.324 e. The molecule has 0 aliphatic carbocycles. The fourth-order valence-corrected chi connectivity index (χ4v) is 1.24. The molecule has 0 rings (SSSR count). The van der Waals surface area contributed by atoms with E-state index in [1.54, 1.807) is 43.1 Å². The molecule has 0 aliphatic rings. The van der Waals surface area contributed by atoms with Crippen molar-refractivity contribution >= 4 is 27.9 Å². The van der Waals surface area contributed by atoms with E-state index in [0.29, 0.717) is 0 Å². The summed E-state index contributed by atoms with van der Waals surface area (Å²) in [4.78, 5) is 24.8. The predicted molar refractivity (Wildman–Crippen MR) is 73.1 cm³/mol. The zero-order valence-corrected chi connectivity index (χ0v) is 12.1. The van der Waals surface area contributed by atoms with Crippen LogP contribution in [-0.2, 0) is 19.1 Å². The minimum absolute atomic E-state index is 0.227. The van der Waals surface area contributed by atoms with Crippen LogP contribution >= 0.6 is 15.9 Å². The first-order valence-electron chi connectivity index (χ1n) is 5.60. The summed E-state index contributed by atoms with van der Waals surface area (Å²) in [7, 11) is 0. The van der Waals surface area contributed by atoms with Crippen molar-refractivity contribution in [3.63, 3.8) is 0 Å². The summed E-state index contributed by atoms with van der Waals surface area (Å²) in [5.41, 5.74) is 0. The van der Waals surface area contributed by atoms with Crippen LogP contribution < -0.4 is 0 Å². The van der Waals surface area contributed by atoms with E-state index in [-0.39, 0.29) is 13.2 Å². The summed E-state index contributed by atoms with van der Waals surface area (Å²) in [6.45, 7) is 3.82. The maximum absolute atomic E-state index is 11.6. The molecule has 0 aromatic rings. The third-order valence-electron chi connectivity index (χ3n) is 1.79. The lowest BCUT2D eigenvalue weighted by molar-refractivity contribution is -0.158. The molecular weight excluding hydrogens is 300 g/mol. The molecule has 0 bridgehead atoms. The molecule has 0 saturated carbocycles. The minimum Gasteiger partial charge on any atom is -0.465 e. The fraction of sp³-hybridized carbons (Fsp3) is 0.385. The van der Waals surface area contributed by atoms with Crippen molar-refractivity contribution in [2.75, 3.05) is 13.2 Å². The van der Waals surface area contributed by atoms with Gasteiger partial charge in [0.05, 0.1) is 13.2 Å². The molecule has 0 aromatic heterocycles. The summed E-state index contributed by atoms with van der Waals surface area (Å²) in [6.07, 6.45) is 8.26. The first-order chi connectivity index (χ1) is 8.67. The van der Waals surface area contributed by atoms with Gasteiger partial charge in [-0.15, -0.1) is 0 Å². The Balaban J connectivity index is 4.65. The Kier molecular flexibility index (Phi) is 9.96. The average molecular weight is 317 g/mol. The topological polar surface area (TPSA) is 52.6 Å². The van der Waals surface area contributed by atoms with Crippen LogP contribution in [0.2, 0.25) is 0 Å². The first kappa shape index (κ1) is 16.6. The molecular formula is C13H17BrO4. The highest BCUT2D eigenvalue weighted by molar-refractivity contribution is 9.11. The molecule has 18 heavy (non-hydrogen) atoms. The normalized spacial score (nSPS) is 11.8. The SMILES string of the molecule is CCOC(=O)C(/C=C/C=C/C=C/Br)C(=O)OCC. The molecule has 0 fully saturated rings. The van der Waals surface area contributed by atoms with E-state index >= 15 is 0 Å². The van der Waals surface area contributed by atoms with Gasteiger partial charge in [-0.05, 0) is 18.8 Å². The number of hydrogen-bond acceptors (Lipinski definition) is 4. The van der Waals surface area contributed by atoms with Crippen molar-refractivity contribution < 1.29 is 19.1 Å². The number of allylic oxidation sites excluding steroid dienone is 4. The molecule has 100 valence electrons. The number of rotatable bonds is 7. The molecule has 5 heteroatoms. The van der Waals surface area contributed by atoms with Crippen LogP contribution in [0.1, 0.15) is 13.8 Å². The maximum atomic E-state index is 11.6. The zero-order chi connectivity index (χ0) is 13.8. The number of carbonyl (C=O) groups excluding carboxylic acids is 2. The average Bonchev–Trinajstić information content (AvgIpc) is 2.34. The van der Waals surface area contributed by atoms with Gasteiger partial charge in [0, 0.05) is 0 Å². The van der Waals surface area contributed by atoms with Gasteiger partial charge in [-0.3, -0.25) is 9.59 Å². The molecule has 0 aromatic carbocycles. The van der Waals surface area contributed by atoms with Gasteiger partial charge in [-0.2, -0.15) is 0 Å². The fourth-order valence-electron chi connectivity index (χ4n) is 1.06. The van der Waals surface area contributed by atoms with Gasteiger partial charge in [-0.1, -0.05) is 46.3 Å². The summed E-state index contributed by atoms with van der Waals surface area (Å²) >= 11 is 3.11. The molecule has 0 N–H and O–H groups in total. The molecule has 0 unspecified atom stereocenters. The second kappa shape index (κ2) is 10.8. The monoisotopic (exact) mass is 316 g/mol. The number of esters is 2. The number of ether oxygens (including phenoxy) is 2. The molecule has 0 amide bonds. The molecule has 4 nitrogen and oxygen atoms in total. The molecule has 0 aliphatic heterocycles. The zero-order valence-electron chi connectivity index (χ0n) is 10.5. The lowest BCUT2D eigenvalue weighted by Crippen LogP contribution is -2.26. The Morgan fingerprint density at radius 2 is 1.50 bits per heavy atom. The molecule has 0 heterocycles. The summed E-state index contributed by atoms with van der Waals surface area (Å²) in [5.74, 6) is -2.21. The second-order valence-corrected chi connectivity index (χ2v) is 3.60. The van der Waals surface area contributed by atoms with Crippen LogP contribution in [0.25, 0.3) is 0 Å². The second-order valence-electron chi connectivity index (χ2n) is 3.07. The van der Waals surface area contributed by atoms with Gasteiger partial charge in [0.1, 0.15) is 0 Å². The third kappa shape index (κ3) is 7.06. The van der Waals surface area contributed by atoms with E-state index in [9.17, 15) is 9.59 Å². The molecule has 0 spiro atoms. The molecule has 0 radical (unpaired) electrons. The standard InChI is InChI=1S/C13H17BrO4/c1-3-17-12(15)11(13(16)18-4-2)9-7-5-6-8-10-14/h5-11H,3-4H2,1-2H3/b6-5+,9-7+,10-8+. The Morgan fingerprint density at radius 3 is 1.94 bits per heavy atom. The van der Waals surface area contributed by atoms with E-state index in [0.717, 1.165) is 0 Å². The van der Waals surface area contributed by atoms with Gasteiger partial charge in [-0.25, -0.2) is 0 Å². The third-order valence-corrected chi connectivity index (χ3v) is 2.10.